The van der Waals surface area contributed by atoms with Gasteiger partial charge in [-0.3, -0.25) is 9.59 Å². The molecule has 3 aromatic rings. The van der Waals surface area contributed by atoms with E-state index < -0.39 is 0 Å². The zero-order chi connectivity index (χ0) is 22.1. The van der Waals surface area contributed by atoms with Gasteiger partial charge in [-0.2, -0.15) is 0 Å². The molecule has 0 aliphatic carbocycles. The number of hydrogen-bond donors (Lipinski definition) is 2. The molecule has 0 saturated carbocycles. The highest BCUT2D eigenvalue weighted by molar-refractivity contribution is 8.00. The lowest BCUT2D eigenvalue weighted by Gasteiger charge is -2.12. The summed E-state index contributed by atoms with van der Waals surface area (Å²) in [4.78, 5) is 25.8. The van der Waals surface area contributed by atoms with Crippen molar-refractivity contribution in [3.63, 3.8) is 0 Å². The molecule has 7 heteroatoms. The average molecular weight is 437 g/mol. The number of carbonyl (C=O) groups is 2. The lowest BCUT2D eigenvalue weighted by molar-refractivity contribution is -0.113. The van der Waals surface area contributed by atoms with Gasteiger partial charge in [-0.15, -0.1) is 11.8 Å². The molecule has 0 atom stereocenters. The fourth-order valence-corrected chi connectivity index (χ4v) is 3.76. The number of ether oxygens (including phenoxy) is 2. The van der Waals surface area contributed by atoms with Crippen LogP contribution < -0.4 is 20.1 Å². The highest BCUT2D eigenvalue weighted by Gasteiger charge is 2.13. The van der Waals surface area contributed by atoms with E-state index in [1.54, 1.807) is 38.5 Å². The van der Waals surface area contributed by atoms with Gasteiger partial charge in [0.05, 0.1) is 25.5 Å². The summed E-state index contributed by atoms with van der Waals surface area (Å²) in [7, 11) is 3.10. The Balaban J connectivity index is 1.59. The third kappa shape index (κ3) is 6.26. The SMILES string of the molecule is COc1ccc(NC(=O)CSc2ccccc2C(=O)NCc2ccccc2)cc1OC. The summed E-state index contributed by atoms with van der Waals surface area (Å²) < 4.78 is 10.5. The van der Waals surface area contributed by atoms with E-state index in [1.165, 1.54) is 11.8 Å². The van der Waals surface area contributed by atoms with E-state index in [1.807, 2.05) is 48.5 Å². The van der Waals surface area contributed by atoms with Crippen molar-refractivity contribution in [3.05, 3.63) is 83.9 Å². The highest BCUT2D eigenvalue weighted by Crippen LogP contribution is 2.30. The van der Waals surface area contributed by atoms with E-state index in [0.717, 1.165) is 10.5 Å². The minimum atomic E-state index is -0.184. The Labute approximate surface area is 186 Å². The molecular formula is C24H24N2O4S. The van der Waals surface area contributed by atoms with E-state index >= 15 is 0 Å². The fourth-order valence-electron chi connectivity index (χ4n) is 2.91. The van der Waals surface area contributed by atoms with Crippen LogP contribution in [0.5, 0.6) is 11.5 Å². The Bertz CT molecular complexity index is 1040. The lowest BCUT2D eigenvalue weighted by Crippen LogP contribution is -2.23. The molecule has 0 unspecified atom stereocenters. The molecule has 160 valence electrons. The number of hydrogen-bond acceptors (Lipinski definition) is 5. The molecule has 0 spiro atoms. The maximum atomic E-state index is 12.7. The maximum absolute atomic E-state index is 12.7. The van der Waals surface area contributed by atoms with Crippen LogP contribution in [0, 0.1) is 0 Å². The summed E-state index contributed by atoms with van der Waals surface area (Å²) in [5.41, 5.74) is 2.18. The smallest absolute Gasteiger partial charge is 0.252 e. The fraction of sp³-hybridized carbons (Fsp3) is 0.167. The normalized spacial score (nSPS) is 10.3. The topological polar surface area (TPSA) is 76.7 Å². The summed E-state index contributed by atoms with van der Waals surface area (Å²) in [5, 5.41) is 5.77. The Morgan fingerprint density at radius 1 is 0.871 bits per heavy atom. The first kappa shape index (κ1) is 22.2. The molecule has 3 aromatic carbocycles. The van der Waals surface area contributed by atoms with Gasteiger partial charge in [0.2, 0.25) is 5.91 Å². The van der Waals surface area contributed by atoms with Crippen LogP contribution in [-0.2, 0) is 11.3 Å². The van der Waals surface area contributed by atoms with Crippen LogP contribution in [-0.4, -0.2) is 31.8 Å². The Morgan fingerprint density at radius 2 is 1.58 bits per heavy atom. The van der Waals surface area contributed by atoms with Gasteiger partial charge in [0.25, 0.3) is 5.91 Å². The van der Waals surface area contributed by atoms with Gasteiger partial charge >= 0.3 is 0 Å². The highest BCUT2D eigenvalue weighted by atomic mass is 32.2. The number of benzene rings is 3. The Morgan fingerprint density at radius 3 is 2.32 bits per heavy atom. The van der Waals surface area contributed by atoms with Gasteiger partial charge in [0.1, 0.15) is 0 Å². The molecule has 0 bridgehead atoms. The number of rotatable bonds is 9. The molecule has 0 radical (unpaired) electrons. The summed E-state index contributed by atoms with van der Waals surface area (Å²) in [6.07, 6.45) is 0. The number of anilines is 1. The summed E-state index contributed by atoms with van der Waals surface area (Å²) in [6, 6.07) is 22.2. The predicted octanol–water partition coefficient (Wildman–Crippen LogP) is 4.36. The molecule has 2 amide bonds. The third-order valence-electron chi connectivity index (χ3n) is 4.45. The second-order valence-electron chi connectivity index (χ2n) is 6.57. The average Bonchev–Trinajstić information content (AvgIpc) is 2.82. The van der Waals surface area contributed by atoms with Crippen molar-refractivity contribution in [1.82, 2.24) is 5.32 Å². The molecule has 3 rings (SSSR count). The van der Waals surface area contributed by atoms with Crippen LogP contribution in [0.4, 0.5) is 5.69 Å². The van der Waals surface area contributed by atoms with Crippen molar-refractivity contribution in [2.24, 2.45) is 0 Å². The van der Waals surface area contributed by atoms with Gasteiger partial charge in [-0.25, -0.2) is 0 Å². The van der Waals surface area contributed by atoms with Crippen LogP contribution >= 0.6 is 11.8 Å². The molecule has 0 aromatic heterocycles. The molecule has 31 heavy (non-hydrogen) atoms. The van der Waals surface area contributed by atoms with Crippen LogP contribution in [0.25, 0.3) is 0 Å². The Hall–Kier alpha value is -3.45. The first-order chi connectivity index (χ1) is 15.1. The summed E-state index contributed by atoms with van der Waals surface area (Å²) in [5.74, 6) is 0.930. The third-order valence-corrected chi connectivity index (χ3v) is 5.53. The van der Waals surface area contributed by atoms with Gasteiger partial charge in [0, 0.05) is 23.2 Å². The van der Waals surface area contributed by atoms with E-state index in [9.17, 15) is 9.59 Å². The second kappa shape index (κ2) is 11.1. The minimum Gasteiger partial charge on any atom is -0.493 e. The van der Waals surface area contributed by atoms with Crippen molar-refractivity contribution >= 4 is 29.3 Å². The van der Waals surface area contributed by atoms with E-state index in [4.69, 9.17) is 9.47 Å². The quantitative estimate of drug-likeness (QED) is 0.487. The maximum Gasteiger partial charge on any atom is 0.252 e. The first-order valence-electron chi connectivity index (χ1n) is 9.66. The molecular weight excluding hydrogens is 412 g/mol. The Kier molecular flexibility index (Phi) is 7.95. The van der Waals surface area contributed by atoms with Crippen molar-refractivity contribution in [2.45, 2.75) is 11.4 Å². The van der Waals surface area contributed by atoms with Crippen molar-refractivity contribution in [1.29, 1.82) is 0 Å². The van der Waals surface area contributed by atoms with Crippen LogP contribution in [0.1, 0.15) is 15.9 Å². The number of thioether (sulfide) groups is 1. The van der Waals surface area contributed by atoms with Crippen molar-refractivity contribution in [2.75, 3.05) is 25.3 Å². The zero-order valence-electron chi connectivity index (χ0n) is 17.4. The molecule has 0 saturated heterocycles. The van der Waals surface area contributed by atoms with Crippen LogP contribution in [0.15, 0.2) is 77.7 Å². The molecule has 6 nitrogen and oxygen atoms in total. The standard InChI is InChI=1S/C24H24N2O4S/c1-29-20-13-12-18(14-21(20)30-2)26-23(27)16-31-22-11-7-6-10-19(22)24(28)25-15-17-8-4-3-5-9-17/h3-14H,15-16H2,1-2H3,(H,25,28)(H,26,27). The van der Waals surface area contributed by atoms with Crippen LogP contribution in [0.3, 0.4) is 0 Å². The monoisotopic (exact) mass is 436 g/mol. The summed E-state index contributed by atoms with van der Waals surface area (Å²) in [6.45, 7) is 0.443. The number of nitrogens with one attached hydrogen (secondary N) is 2. The number of amides is 2. The second-order valence-corrected chi connectivity index (χ2v) is 7.59. The molecule has 0 heterocycles. The predicted molar refractivity (Wildman–Crippen MR) is 123 cm³/mol. The largest absolute Gasteiger partial charge is 0.493 e. The molecule has 0 aliphatic rings. The van der Waals surface area contributed by atoms with Crippen LogP contribution in [0.2, 0.25) is 0 Å². The first-order valence-corrected chi connectivity index (χ1v) is 10.6. The van der Waals surface area contributed by atoms with Gasteiger partial charge in [-0.1, -0.05) is 42.5 Å². The molecule has 0 fully saturated rings. The van der Waals surface area contributed by atoms with Crippen molar-refractivity contribution in [3.8, 4) is 11.5 Å². The van der Waals surface area contributed by atoms with E-state index in [-0.39, 0.29) is 17.6 Å². The number of methoxy groups -OCH3 is 2. The van der Waals surface area contributed by atoms with E-state index in [0.29, 0.717) is 29.3 Å². The van der Waals surface area contributed by atoms with Gasteiger partial charge in [-0.05, 0) is 29.8 Å². The minimum absolute atomic E-state index is 0.164. The van der Waals surface area contributed by atoms with Gasteiger partial charge < -0.3 is 20.1 Å². The zero-order valence-corrected chi connectivity index (χ0v) is 18.2. The van der Waals surface area contributed by atoms with E-state index in [2.05, 4.69) is 10.6 Å². The molecule has 2 N–H and O–H groups in total. The molecule has 0 aliphatic heterocycles. The van der Waals surface area contributed by atoms with Crippen molar-refractivity contribution < 1.29 is 19.1 Å². The van der Waals surface area contributed by atoms with Gasteiger partial charge in [0.15, 0.2) is 11.5 Å². The number of carbonyl (C=O) groups excluding carboxylic acids is 2. The summed E-state index contributed by atoms with van der Waals surface area (Å²) >= 11 is 1.31. The lowest BCUT2D eigenvalue weighted by atomic mass is 10.2.